The SMILES string of the molecule is CCOC(=O)C1C(C)=NC2=C(C(=O)CCC2)[C@H]1c1cccc(F)c1. The normalized spacial score (nSPS) is 23.6. The van der Waals surface area contributed by atoms with Crippen LogP contribution in [0.1, 0.15) is 44.6 Å². The van der Waals surface area contributed by atoms with Gasteiger partial charge in [-0.2, -0.15) is 0 Å². The molecule has 1 aromatic rings. The van der Waals surface area contributed by atoms with Gasteiger partial charge in [0.25, 0.3) is 0 Å². The molecule has 1 heterocycles. The van der Waals surface area contributed by atoms with Crippen LogP contribution in [0.3, 0.4) is 0 Å². The van der Waals surface area contributed by atoms with Gasteiger partial charge in [0.05, 0.1) is 6.61 Å². The van der Waals surface area contributed by atoms with Crippen LogP contribution in [0, 0.1) is 11.7 Å². The topological polar surface area (TPSA) is 55.7 Å². The number of aliphatic imine (C=N–C) groups is 1. The van der Waals surface area contributed by atoms with E-state index in [-0.39, 0.29) is 18.2 Å². The molecule has 1 aromatic carbocycles. The number of Topliss-reactive ketones (excluding diaryl/α,β-unsaturated/α-hetero) is 1. The predicted molar refractivity (Wildman–Crippen MR) is 88.3 cm³/mol. The average molecular weight is 329 g/mol. The molecule has 0 aromatic heterocycles. The third-order valence-corrected chi connectivity index (χ3v) is 4.58. The van der Waals surface area contributed by atoms with Crippen molar-refractivity contribution in [2.75, 3.05) is 6.61 Å². The van der Waals surface area contributed by atoms with Gasteiger partial charge in [-0.15, -0.1) is 0 Å². The molecule has 0 N–H and O–H groups in total. The lowest BCUT2D eigenvalue weighted by Crippen LogP contribution is -2.37. The highest BCUT2D eigenvalue weighted by Gasteiger charge is 2.43. The maximum absolute atomic E-state index is 13.8. The Morgan fingerprint density at radius 2 is 2.17 bits per heavy atom. The highest BCUT2D eigenvalue weighted by molar-refractivity contribution is 6.08. The Kier molecular flexibility index (Phi) is 4.60. The number of benzene rings is 1. The smallest absolute Gasteiger partial charge is 0.315 e. The first kappa shape index (κ1) is 16.6. The number of allylic oxidation sites excluding steroid dienone is 2. The van der Waals surface area contributed by atoms with Crippen LogP contribution < -0.4 is 0 Å². The standard InChI is InChI=1S/C19H20FNO3/c1-3-24-19(23)16-11(2)21-14-8-5-9-15(22)18(14)17(16)12-6-4-7-13(20)10-12/h4,6-7,10,16-17H,3,5,8-9H2,1-2H3/t16?,17-/m0/s1. The third kappa shape index (κ3) is 2.90. The summed E-state index contributed by atoms with van der Waals surface area (Å²) in [6.45, 7) is 3.76. The van der Waals surface area contributed by atoms with E-state index in [2.05, 4.69) is 4.99 Å². The van der Waals surface area contributed by atoms with Crippen LogP contribution in [0.5, 0.6) is 0 Å². The van der Waals surface area contributed by atoms with E-state index in [1.165, 1.54) is 12.1 Å². The van der Waals surface area contributed by atoms with Gasteiger partial charge in [0.1, 0.15) is 11.7 Å². The largest absolute Gasteiger partial charge is 0.465 e. The van der Waals surface area contributed by atoms with Crippen molar-refractivity contribution in [2.24, 2.45) is 10.9 Å². The Morgan fingerprint density at radius 1 is 1.38 bits per heavy atom. The van der Waals surface area contributed by atoms with Gasteiger partial charge in [-0.05, 0) is 44.4 Å². The van der Waals surface area contributed by atoms with Crippen molar-refractivity contribution in [2.45, 2.75) is 39.0 Å². The van der Waals surface area contributed by atoms with Crippen LogP contribution in [0.25, 0.3) is 0 Å². The molecule has 2 atom stereocenters. The van der Waals surface area contributed by atoms with E-state index < -0.39 is 17.8 Å². The Balaban J connectivity index is 2.15. The summed E-state index contributed by atoms with van der Waals surface area (Å²) in [5, 5.41) is 0. The van der Waals surface area contributed by atoms with Gasteiger partial charge in [0.2, 0.25) is 0 Å². The van der Waals surface area contributed by atoms with Gasteiger partial charge in [-0.3, -0.25) is 14.6 Å². The van der Waals surface area contributed by atoms with Crippen LogP contribution in [0.4, 0.5) is 4.39 Å². The summed E-state index contributed by atoms with van der Waals surface area (Å²) in [5.74, 6) is -2.03. The maximum atomic E-state index is 13.8. The van der Waals surface area contributed by atoms with Crippen molar-refractivity contribution in [3.8, 4) is 0 Å². The van der Waals surface area contributed by atoms with Crippen molar-refractivity contribution < 1.29 is 18.7 Å². The Morgan fingerprint density at radius 3 is 2.88 bits per heavy atom. The molecule has 0 fully saturated rings. The highest BCUT2D eigenvalue weighted by atomic mass is 19.1. The zero-order valence-electron chi connectivity index (χ0n) is 13.8. The number of hydrogen-bond acceptors (Lipinski definition) is 4. The molecule has 1 aliphatic heterocycles. The summed E-state index contributed by atoms with van der Waals surface area (Å²) in [5.41, 5.74) is 2.52. The fourth-order valence-corrected chi connectivity index (χ4v) is 3.60. The van der Waals surface area contributed by atoms with Gasteiger partial charge < -0.3 is 4.74 Å². The number of ketones is 1. The van der Waals surface area contributed by atoms with Gasteiger partial charge in [0, 0.05) is 29.3 Å². The minimum atomic E-state index is -0.687. The molecule has 0 saturated carbocycles. The average Bonchev–Trinajstić information content (AvgIpc) is 2.54. The van der Waals surface area contributed by atoms with E-state index in [4.69, 9.17) is 4.74 Å². The number of carbonyl (C=O) groups is 2. The Hall–Kier alpha value is -2.30. The lowest BCUT2D eigenvalue weighted by molar-refractivity contribution is -0.146. The molecule has 5 heteroatoms. The molecule has 1 unspecified atom stereocenters. The molecule has 0 spiro atoms. The highest BCUT2D eigenvalue weighted by Crippen LogP contribution is 2.43. The van der Waals surface area contributed by atoms with Crippen LogP contribution in [0.15, 0.2) is 40.5 Å². The van der Waals surface area contributed by atoms with Gasteiger partial charge in [-0.1, -0.05) is 12.1 Å². The number of nitrogens with zero attached hydrogens (tertiary/aromatic N) is 1. The molecule has 3 rings (SSSR count). The molecule has 24 heavy (non-hydrogen) atoms. The maximum Gasteiger partial charge on any atom is 0.315 e. The molecule has 0 radical (unpaired) electrons. The summed E-state index contributed by atoms with van der Waals surface area (Å²) in [4.78, 5) is 29.6. The first-order valence-electron chi connectivity index (χ1n) is 8.26. The Labute approximate surface area is 140 Å². The van der Waals surface area contributed by atoms with E-state index in [0.29, 0.717) is 29.7 Å². The molecule has 0 saturated heterocycles. The minimum Gasteiger partial charge on any atom is -0.465 e. The summed E-state index contributed by atoms with van der Waals surface area (Å²) in [7, 11) is 0. The van der Waals surface area contributed by atoms with E-state index >= 15 is 0 Å². The zero-order valence-corrected chi connectivity index (χ0v) is 13.8. The number of esters is 1. The zero-order chi connectivity index (χ0) is 17.3. The van der Waals surface area contributed by atoms with Crippen molar-refractivity contribution in [1.29, 1.82) is 0 Å². The van der Waals surface area contributed by atoms with Crippen LogP contribution >= 0.6 is 0 Å². The summed E-state index contributed by atoms with van der Waals surface area (Å²) < 4.78 is 19.0. The van der Waals surface area contributed by atoms with Crippen LogP contribution in [-0.2, 0) is 14.3 Å². The van der Waals surface area contributed by atoms with Crippen LogP contribution in [0.2, 0.25) is 0 Å². The first-order valence-corrected chi connectivity index (χ1v) is 8.26. The number of halogens is 1. The van der Waals surface area contributed by atoms with Gasteiger partial charge in [0.15, 0.2) is 5.78 Å². The first-order chi connectivity index (χ1) is 11.5. The third-order valence-electron chi connectivity index (χ3n) is 4.58. The van der Waals surface area contributed by atoms with E-state index in [1.807, 2.05) is 0 Å². The van der Waals surface area contributed by atoms with Crippen molar-refractivity contribution in [3.05, 3.63) is 46.9 Å². The van der Waals surface area contributed by atoms with Gasteiger partial charge in [-0.25, -0.2) is 4.39 Å². The fourth-order valence-electron chi connectivity index (χ4n) is 3.60. The molecule has 126 valence electrons. The second kappa shape index (κ2) is 6.67. The predicted octanol–water partition coefficient (Wildman–Crippen LogP) is 3.57. The quantitative estimate of drug-likeness (QED) is 0.797. The number of rotatable bonds is 3. The summed E-state index contributed by atoms with van der Waals surface area (Å²) in [6, 6.07) is 6.10. The van der Waals surface area contributed by atoms with E-state index in [0.717, 1.165) is 12.1 Å². The lowest BCUT2D eigenvalue weighted by atomic mass is 9.72. The van der Waals surface area contributed by atoms with Crippen molar-refractivity contribution in [1.82, 2.24) is 0 Å². The van der Waals surface area contributed by atoms with Crippen LogP contribution in [-0.4, -0.2) is 24.1 Å². The minimum absolute atomic E-state index is 0.00365. The molecule has 0 bridgehead atoms. The second-order valence-electron chi connectivity index (χ2n) is 6.15. The fraction of sp³-hybridized carbons (Fsp3) is 0.421. The molecular formula is C19H20FNO3. The molecule has 1 aliphatic carbocycles. The number of carbonyl (C=O) groups excluding carboxylic acids is 2. The number of ether oxygens (including phenoxy) is 1. The molecule has 4 nitrogen and oxygen atoms in total. The van der Waals surface area contributed by atoms with Gasteiger partial charge >= 0.3 is 5.97 Å². The van der Waals surface area contributed by atoms with Crippen molar-refractivity contribution >= 4 is 17.5 Å². The monoisotopic (exact) mass is 329 g/mol. The molecular weight excluding hydrogens is 309 g/mol. The van der Waals surface area contributed by atoms with E-state index in [9.17, 15) is 14.0 Å². The van der Waals surface area contributed by atoms with E-state index in [1.54, 1.807) is 26.0 Å². The molecule has 0 amide bonds. The summed E-state index contributed by atoms with van der Waals surface area (Å²) >= 11 is 0. The summed E-state index contributed by atoms with van der Waals surface area (Å²) in [6.07, 6.45) is 1.91. The Bertz CT molecular complexity index is 751. The lowest BCUT2D eigenvalue weighted by Gasteiger charge is -2.34. The number of hydrogen-bond donors (Lipinski definition) is 0. The molecule has 2 aliphatic rings. The van der Waals surface area contributed by atoms with Crippen molar-refractivity contribution in [3.63, 3.8) is 0 Å². The second-order valence-corrected chi connectivity index (χ2v) is 6.15.